The summed E-state index contributed by atoms with van der Waals surface area (Å²) in [7, 11) is 0. The highest BCUT2D eigenvalue weighted by molar-refractivity contribution is 7.65. The first kappa shape index (κ1) is 12.6. The molecule has 80 valence electrons. The predicted molar refractivity (Wildman–Crippen MR) is 68.4 cm³/mol. The molecule has 1 rings (SSSR count). The molecule has 1 aliphatic rings. The summed E-state index contributed by atoms with van der Waals surface area (Å²) in [4.78, 5) is 0. The number of allylic oxidation sites excluding steroid dienone is 4. The summed E-state index contributed by atoms with van der Waals surface area (Å²) < 4.78 is 0. The molecule has 1 unspecified atom stereocenters. The van der Waals surface area contributed by atoms with Gasteiger partial charge in [0.25, 0.3) is 0 Å². The second kappa shape index (κ2) is 3.86. The average Bonchev–Trinajstić information content (AvgIpc) is 2.27. The van der Waals surface area contributed by atoms with Crippen LogP contribution in [0.1, 0.15) is 27.7 Å². The smallest absolute Gasteiger partial charge is 0.125 e. The minimum Gasteiger partial charge on any atom is -0.125 e. The van der Waals surface area contributed by atoms with E-state index in [1.54, 1.807) is 0 Å². The molecular weight excluding hydrogens is 255 g/mol. The van der Waals surface area contributed by atoms with E-state index in [0.29, 0.717) is 0 Å². The number of hydrogen-bond donors (Lipinski definition) is 0. The monoisotopic (exact) mass is 268 g/mol. The zero-order valence-electron chi connectivity index (χ0n) is 8.87. The SMILES string of the molecule is CC1=CC(C(C)(C)C)=CC1[Si](Cl)(Cl)Cl. The van der Waals surface area contributed by atoms with Crippen LogP contribution in [0.4, 0.5) is 0 Å². The van der Waals surface area contributed by atoms with Crippen LogP contribution in [0.2, 0.25) is 5.54 Å². The van der Waals surface area contributed by atoms with Crippen LogP contribution in [0, 0.1) is 5.41 Å². The molecule has 0 amide bonds. The van der Waals surface area contributed by atoms with Gasteiger partial charge in [-0.3, -0.25) is 0 Å². The van der Waals surface area contributed by atoms with Crippen molar-refractivity contribution in [3.8, 4) is 0 Å². The molecule has 0 nitrogen and oxygen atoms in total. The van der Waals surface area contributed by atoms with Gasteiger partial charge in [-0.1, -0.05) is 38.5 Å². The number of hydrogen-bond acceptors (Lipinski definition) is 0. The van der Waals surface area contributed by atoms with Crippen LogP contribution < -0.4 is 0 Å². The lowest BCUT2D eigenvalue weighted by atomic mass is 9.87. The van der Waals surface area contributed by atoms with Crippen molar-refractivity contribution < 1.29 is 0 Å². The topological polar surface area (TPSA) is 0 Å². The molecule has 0 saturated heterocycles. The standard InChI is InChI=1S/C10H15Cl3Si/c1-7-5-8(10(2,3)4)6-9(7)14(11,12)13/h5-6,9H,1-4H3. The molecule has 0 fully saturated rings. The van der Waals surface area contributed by atoms with Crippen molar-refractivity contribution in [1.82, 2.24) is 0 Å². The Hall–Kier alpha value is 0.567. The Balaban J connectivity index is 2.99. The molecule has 0 radical (unpaired) electrons. The van der Waals surface area contributed by atoms with Gasteiger partial charge in [0.1, 0.15) is 0 Å². The van der Waals surface area contributed by atoms with E-state index in [0.717, 1.165) is 0 Å². The Morgan fingerprint density at radius 2 is 1.71 bits per heavy atom. The fourth-order valence-corrected chi connectivity index (χ4v) is 4.60. The number of halogens is 3. The van der Waals surface area contributed by atoms with Crippen molar-refractivity contribution in [2.75, 3.05) is 0 Å². The lowest BCUT2D eigenvalue weighted by Gasteiger charge is -2.19. The van der Waals surface area contributed by atoms with Crippen molar-refractivity contribution >= 4 is 39.2 Å². The molecule has 0 aromatic rings. The third-order valence-corrected chi connectivity index (χ3v) is 5.88. The lowest BCUT2D eigenvalue weighted by Crippen LogP contribution is -2.17. The van der Waals surface area contributed by atoms with Gasteiger partial charge in [-0.2, -0.15) is 0 Å². The molecule has 4 heteroatoms. The van der Waals surface area contributed by atoms with Crippen molar-refractivity contribution in [2.45, 2.75) is 33.2 Å². The maximum Gasteiger partial charge on any atom is 0.351 e. The minimum absolute atomic E-state index is 0.0572. The summed E-state index contributed by atoms with van der Waals surface area (Å²) in [5.74, 6) is 0. The molecule has 0 spiro atoms. The Morgan fingerprint density at radius 3 is 1.93 bits per heavy atom. The first-order chi connectivity index (χ1) is 6.12. The van der Waals surface area contributed by atoms with Gasteiger partial charge in [0.05, 0.1) is 0 Å². The lowest BCUT2D eigenvalue weighted by molar-refractivity contribution is 0.517. The van der Waals surface area contributed by atoms with Crippen molar-refractivity contribution in [2.24, 2.45) is 5.41 Å². The van der Waals surface area contributed by atoms with Crippen LogP contribution in [-0.2, 0) is 0 Å². The van der Waals surface area contributed by atoms with Gasteiger partial charge >= 0.3 is 6.00 Å². The molecule has 14 heavy (non-hydrogen) atoms. The molecule has 0 aromatic carbocycles. The van der Waals surface area contributed by atoms with Crippen LogP contribution in [-0.4, -0.2) is 6.00 Å². The van der Waals surface area contributed by atoms with E-state index in [-0.39, 0.29) is 11.0 Å². The molecule has 1 atom stereocenters. The molecular formula is C10H15Cl3Si. The average molecular weight is 270 g/mol. The Bertz CT molecular complexity index is 291. The van der Waals surface area contributed by atoms with Gasteiger partial charge < -0.3 is 0 Å². The quantitative estimate of drug-likeness (QED) is 0.467. The summed E-state index contributed by atoms with van der Waals surface area (Å²) in [6.45, 7) is 8.55. The van der Waals surface area contributed by atoms with Gasteiger partial charge in [-0.25, -0.2) is 0 Å². The molecule has 0 saturated carbocycles. The molecule has 0 aromatic heterocycles. The van der Waals surface area contributed by atoms with E-state index in [9.17, 15) is 0 Å². The fraction of sp³-hybridized carbons (Fsp3) is 0.600. The van der Waals surface area contributed by atoms with Crippen LogP contribution in [0.3, 0.4) is 0 Å². The summed E-state index contributed by atoms with van der Waals surface area (Å²) >= 11 is 18.1. The zero-order valence-corrected chi connectivity index (χ0v) is 12.1. The normalized spacial score (nSPS) is 23.5. The van der Waals surface area contributed by atoms with Crippen molar-refractivity contribution in [3.05, 3.63) is 23.3 Å². The van der Waals surface area contributed by atoms with Crippen molar-refractivity contribution in [1.29, 1.82) is 0 Å². The Morgan fingerprint density at radius 1 is 1.21 bits per heavy atom. The van der Waals surface area contributed by atoms with Gasteiger partial charge in [0, 0.05) is 5.54 Å². The van der Waals surface area contributed by atoms with Crippen LogP contribution >= 0.6 is 33.2 Å². The van der Waals surface area contributed by atoms with E-state index < -0.39 is 6.00 Å². The highest BCUT2D eigenvalue weighted by Gasteiger charge is 2.39. The van der Waals surface area contributed by atoms with E-state index in [4.69, 9.17) is 33.2 Å². The van der Waals surface area contributed by atoms with Crippen LogP contribution in [0.25, 0.3) is 0 Å². The molecule has 0 bridgehead atoms. The highest BCUT2D eigenvalue weighted by Crippen LogP contribution is 2.47. The van der Waals surface area contributed by atoms with E-state index >= 15 is 0 Å². The Kier molecular flexibility index (Phi) is 3.48. The summed E-state index contributed by atoms with van der Waals surface area (Å²) in [5.41, 5.74) is 2.66. The first-order valence-corrected chi connectivity index (χ1v) is 9.71. The summed E-state index contributed by atoms with van der Waals surface area (Å²) in [5, 5.41) is 0. The minimum atomic E-state index is -2.64. The third kappa shape index (κ3) is 2.79. The summed E-state index contributed by atoms with van der Waals surface area (Å²) in [6, 6.07) is -2.64. The molecule has 0 aliphatic heterocycles. The maximum absolute atomic E-state index is 6.03. The zero-order chi connectivity index (χ0) is 11.1. The number of rotatable bonds is 1. The predicted octanol–water partition coefficient (Wildman–Crippen LogP) is 4.94. The fourth-order valence-electron chi connectivity index (χ4n) is 1.51. The maximum atomic E-state index is 6.03. The highest BCUT2D eigenvalue weighted by atomic mass is 35.8. The van der Waals surface area contributed by atoms with Crippen LogP contribution in [0.5, 0.6) is 0 Å². The third-order valence-electron chi connectivity index (χ3n) is 2.44. The second-order valence-electron chi connectivity index (χ2n) is 4.78. The largest absolute Gasteiger partial charge is 0.351 e. The van der Waals surface area contributed by atoms with Gasteiger partial charge in [-0.15, -0.1) is 33.2 Å². The molecule has 0 heterocycles. The van der Waals surface area contributed by atoms with E-state index in [1.807, 2.05) is 6.92 Å². The van der Waals surface area contributed by atoms with Gasteiger partial charge in [-0.05, 0) is 17.9 Å². The Labute approximate surface area is 101 Å². The van der Waals surface area contributed by atoms with Crippen molar-refractivity contribution in [3.63, 3.8) is 0 Å². The van der Waals surface area contributed by atoms with Crippen LogP contribution in [0.15, 0.2) is 23.3 Å². The van der Waals surface area contributed by atoms with Gasteiger partial charge in [0.15, 0.2) is 0 Å². The second-order valence-corrected chi connectivity index (χ2v) is 13.6. The van der Waals surface area contributed by atoms with E-state index in [2.05, 4.69) is 32.9 Å². The first-order valence-electron chi connectivity index (χ1n) is 4.59. The molecule has 1 aliphatic carbocycles. The van der Waals surface area contributed by atoms with Gasteiger partial charge in [0.2, 0.25) is 0 Å². The van der Waals surface area contributed by atoms with E-state index in [1.165, 1.54) is 11.1 Å². The summed E-state index contributed by atoms with van der Waals surface area (Å²) in [6.07, 6.45) is 4.27. The molecule has 0 N–H and O–H groups in total.